The van der Waals surface area contributed by atoms with E-state index in [1.54, 1.807) is 23.5 Å². The maximum atomic E-state index is 15.3. The highest BCUT2D eigenvalue weighted by atomic mass is 32.1. The van der Waals surface area contributed by atoms with Crippen LogP contribution in [0.25, 0.3) is 16.7 Å². The van der Waals surface area contributed by atoms with Gasteiger partial charge in [-0.2, -0.15) is 5.10 Å². The zero-order valence-corrected chi connectivity index (χ0v) is 20.6. The molecule has 0 aliphatic rings. The number of anilines is 1. The summed E-state index contributed by atoms with van der Waals surface area (Å²) in [6, 6.07) is 12.3. The van der Waals surface area contributed by atoms with Crippen molar-refractivity contribution in [2.75, 3.05) is 5.73 Å². The number of nitrogens with zero attached hydrogens (tertiary/aromatic N) is 4. The second-order valence-electron chi connectivity index (χ2n) is 8.55. The first kappa shape index (κ1) is 23.7. The molecule has 3 aromatic heterocycles. The van der Waals surface area contributed by atoms with Gasteiger partial charge in [-0.15, -0.1) is 11.3 Å². The summed E-state index contributed by atoms with van der Waals surface area (Å²) in [5, 5.41) is 4.55. The molecule has 3 heterocycles. The molecule has 0 aliphatic carbocycles. The highest BCUT2D eigenvalue weighted by Crippen LogP contribution is 2.32. The maximum absolute atomic E-state index is 15.3. The van der Waals surface area contributed by atoms with Crippen LogP contribution in [0.4, 0.5) is 14.6 Å². The van der Waals surface area contributed by atoms with Crippen LogP contribution in [-0.4, -0.2) is 19.7 Å². The normalized spacial score (nSPS) is 11.4. The van der Waals surface area contributed by atoms with E-state index < -0.39 is 11.6 Å². The summed E-state index contributed by atoms with van der Waals surface area (Å²) in [5.41, 5.74) is 7.93. The molecular weight excluding hydrogens is 484 g/mol. The molecule has 0 bridgehead atoms. The molecule has 0 saturated heterocycles. The predicted molar refractivity (Wildman–Crippen MR) is 135 cm³/mol. The average molecular weight is 508 g/mol. The highest BCUT2D eigenvalue weighted by molar-refractivity contribution is 7.11. The number of thiophene rings is 1. The molecule has 7 nitrogen and oxygen atoms in total. The van der Waals surface area contributed by atoms with Gasteiger partial charge in [0.2, 0.25) is 0 Å². The Balaban J connectivity index is 1.41. The van der Waals surface area contributed by atoms with Crippen LogP contribution in [0.5, 0.6) is 17.2 Å². The fourth-order valence-electron chi connectivity index (χ4n) is 3.81. The first-order valence-electron chi connectivity index (χ1n) is 11.2. The Kier molecular flexibility index (Phi) is 6.27. The van der Waals surface area contributed by atoms with Gasteiger partial charge in [0.1, 0.15) is 52.7 Å². The van der Waals surface area contributed by atoms with Gasteiger partial charge in [-0.05, 0) is 37.1 Å². The molecule has 0 amide bonds. The van der Waals surface area contributed by atoms with Crippen molar-refractivity contribution in [3.8, 4) is 22.9 Å². The second kappa shape index (κ2) is 9.54. The van der Waals surface area contributed by atoms with E-state index in [4.69, 9.17) is 15.2 Å². The van der Waals surface area contributed by atoms with Crippen LogP contribution in [0.1, 0.15) is 35.2 Å². The Bertz CT molecular complexity index is 1560. The molecule has 0 spiro atoms. The van der Waals surface area contributed by atoms with Gasteiger partial charge in [-0.1, -0.05) is 13.8 Å². The fourth-order valence-corrected chi connectivity index (χ4v) is 4.62. The highest BCUT2D eigenvalue weighted by Gasteiger charge is 2.20. The van der Waals surface area contributed by atoms with Gasteiger partial charge in [0.05, 0.1) is 5.69 Å². The molecule has 0 radical (unpaired) electrons. The minimum absolute atomic E-state index is 0.0435. The van der Waals surface area contributed by atoms with Gasteiger partial charge >= 0.3 is 0 Å². The summed E-state index contributed by atoms with van der Waals surface area (Å²) < 4.78 is 42.3. The summed E-state index contributed by atoms with van der Waals surface area (Å²) in [7, 11) is 0. The Morgan fingerprint density at radius 2 is 1.81 bits per heavy atom. The predicted octanol–water partition coefficient (Wildman–Crippen LogP) is 6.54. The standard InChI is InChI=1S/C26H23F2N5O2S/c1-14(2)23-24-25(26(29)31-13-30-24)33(32-23)22-7-5-17(11-21(22)28)35-19-9-16(27)8-18(10-19)34-12-20-6-4-15(3)36-20/h4-11,13-14H,12H2,1-3H3,(H2,29,30,31). The number of ether oxygens (including phenoxy) is 2. The lowest BCUT2D eigenvalue weighted by Crippen LogP contribution is -2.03. The van der Waals surface area contributed by atoms with Gasteiger partial charge in [-0.25, -0.2) is 23.4 Å². The van der Waals surface area contributed by atoms with Crippen LogP contribution in [0, 0.1) is 18.6 Å². The van der Waals surface area contributed by atoms with Crippen molar-refractivity contribution in [2.24, 2.45) is 0 Å². The monoisotopic (exact) mass is 507 g/mol. The summed E-state index contributed by atoms with van der Waals surface area (Å²) in [6.07, 6.45) is 1.36. The smallest absolute Gasteiger partial charge is 0.153 e. The molecule has 10 heteroatoms. The van der Waals surface area contributed by atoms with Crippen molar-refractivity contribution in [1.29, 1.82) is 0 Å². The number of nitrogen functional groups attached to an aromatic ring is 1. The minimum atomic E-state index is -0.601. The van der Waals surface area contributed by atoms with E-state index in [0.29, 0.717) is 29.1 Å². The number of aryl methyl sites for hydroxylation is 1. The number of rotatable bonds is 7. The summed E-state index contributed by atoms with van der Waals surface area (Å²) >= 11 is 1.61. The lowest BCUT2D eigenvalue weighted by Gasteiger charge is -2.11. The zero-order chi connectivity index (χ0) is 25.4. The molecular formula is C26H23F2N5O2S. The van der Waals surface area contributed by atoms with Crippen LogP contribution in [0.2, 0.25) is 0 Å². The molecule has 0 fully saturated rings. The van der Waals surface area contributed by atoms with Crippen LogP contribution in [-0.2, 0) is 6.61 Å². The number of hydrogen-bond donors (Lipinski definition) is 1. The fraction of sp³-hybridized carbons (Fsp3) is 0.192. The van der Waals surface area contributed by atoms with E-state index in [0.717, 1.165) is 4.88 Å². The van der Waals surface area contributed by atoms with Crippen molar-refractivity contribution in [3.63, 3.8) is 0 Å². The molecule has 5 rings (SSSR count). The second-order valence-corrected chi connectivity index (χ2v) is 9.92. The number of aromatic nitrogens is 4. The van der Waals surface area contributed by atoms with Crippen LogP contribution < -0.4 is 15.2 Å². The number of nitrogens with two attached hydrogens (primary N) is 1. The van der Waals surface area contributed by atoms with Crippen molar-refractivity contribution in [2.45, 2.75) is 33.3 Å². The van der Waals surface area contributed by atoms with E-state index in [1.165, 1.54) is 40.2 Å². The summed E-state index contributed by atoms with van der Waals surface area (Å²) in [5.74, 6) is -0.202. The van der Waals surface area contributed by atoms with Crippen molar-refractivity contribution >= 4 is 28.2 Å². The van der Waals surface area contributed by atoms with Crippen molar-refractivity contribution < 1.29 is 18.3 Å². The van der Waals surface area contributed by atoms with Crippen LogP contribution in [0.3, 0.4) is 0 Å². The SMILES string of the molecule is Cc1ccc(COc2cc(F)cc(Oc3ccc(-n4nc(C(C)C)c5ncnc(N)c54)c(F)c3)c2)s1. The van der Waals surface area contributed by atoms with Gasteiger partial charge < -0.3 is 15.2 Å². The third-order valence-electron chi connectivity index (χ3n) is 5.46. The van der Waals surface area contributed by atoms with E-state index in [2.05, 4.69) is 15.1 Å². The number of halogens is 2. The molecule has 0 atom stereocenters. The number of hydrogen-bond acceptors (Lipinski definition) is 7. The summed E-state index contributed by atoms with van der Waals surface area (Å²) in [6.45, 7) is 6.26. The first-order chi connectivity index (χ1) is 17.3. The van der Waals surface area contributed by atoms with Crippen LogP contribution >= 0.6 is 11.3 Å². The molecule has 184 valence electrons. The Morgan fingerprint density at radius 1 is 1.00 bits per heavy atom. The molecule has 36 heavy (non-hydrogen) atoms. The molecule has 0 unspecified atom stereocenters. The summed E-state index contributed by atoms with van der Waals surface area (Å²) in [4.78, 5) is 10.5. The van der Waals surface area contributed by atoms with Gasteiger partial charge in [-0.3, -0.25) is 0 Å². The lowest BCUT2D eigenvalue weighted by molar-refractivity contribution is 0.306. The van der Waals surface area contributed by atoms with E-state index in [1.807, 2.05) is 32.9 Å². The molecule has 0 saturated carbocycles. The van der Waals surface area contributed by atoms with Gasteiger partial charge in [0.25, 0.3) is 0 Å². The Morgan fingerprint density at radius 3 is 2.53 bits per heavy atom. The largest absolute Gasteiger partial charge is 0.488 e. The third kappa shape index (κ3) is 4.72. The molecule has 0 aliphatic heterocycles. The topological polar surface area (TPSA) is 88.1 Å². The lowest BCUT2D eigenvalue weighted by atomic mass is 10.1. The molecule has 2 aromatic carbocycles. The van der Waals surface area contributed by atoms with Crippen LogP contribution in [0.15, 0.2) is 54.9 Å². The Hall–Kier alpha value is -4.05. The molecule has 5 aromatic rings. The van der Waals surface area contributed by atoms with E-state index >= 15 is 4.39 Å². The zero-order valence-electron chi connectivity index (χ0n) is 19.8. The first-order valence-corrected chi connectivity index (χ1v) is 12.1. The average Bonchev–Trinajstić information content (AvgIpc) is 3.42. The molecule has 2 N–H and O–H groups in total. The van der Waals surface area contributed by atoms with Gasteiger partial charge in [0.15, 0.2) is 11.6 Å². The Labute approximate surface area is 210 Å². The van der Waals surface area contributed by atoms with Crippen molar-refractivity contribution in [3.05, 3.63) is 81.9 Å². The van der Waals surface area contributed by atoms with E-state index in [-0.39, 0.29) is 28.9 Å². The van der Waals surface area contributed by atoms with Crippen molar-refractivity contribution in [1.82, 2.24) is 19.7 Å². The maximum Gasteiger partial charge on any atom is 0.153 e. The quantitative estimate of drug-likeness (QED) is 0.269. The third-order valence-corrected chi connectivity index (χ3v) is 6.44. The van der Waals surface area contributed by atoms with Gasteiger partial charge in [0, 0.05) is 34.0 Å². The number of fused-ring (bicyclic) bond motifs is 1. The minimum Gasteiger partial charge on any atom is -0.488 e. The van der Waals surface area contributed by atoms with E-state index in [9.17, 15) is 4.39 Å². The number of benzene rings is 2.